The van der Waals surface area contributed by atoms with Crippen LogP contribution in [0.25, 0.3) is 0 Å². The molecule has 1 unspecified atom stereocenters. The van der Waals surface area contributed by atoms with Gasteiger partial charge in [0.2, 0.25) is 5.91 Å². The molecule has 0 spiro atoms. The van der Waals surface area contributed by atoms with Crippen molar-refractivity contribution < 1.29 is 74.8 Å². The molecule has 1 amide bonds. The molecule has 0 aromatic rings. The van der Waals surface area contributed by atoms with Crippen LogP contribution >= 0.6 is 0 Å². The summed E-state index contributed by atoms with van der Waals surface area (Å²) in [5, 5.41) is 109. The lowest BCUT2D eigenvalue weighted by atomic mass is 9.97. The molecule has 2 heterocycles. The first-order chi connectivity index (χ1) is 34.4. The number of carbonyl (C=O) groups excluding carboxylic acids is 1. The van der Waals surface area contributed by atoms with Crippen molar-refractivity contribution in [3.05, 3.63) is 0 Å². The molecular weight excluding hydrogens is 915 g/mol. The van der Waals surface area contributed by atoms with Gasteiger partial charge in [-0.3, -0.25) is 4.79 Å². The first kappa shape index (κ1) is 66.0. The summed E-state index contributed by atoms with van der Waals surface area (Å²) in [6, 6.07) is -1.31. The number of aliphatic hydroxyl groups excluding tert-OH is 10. The van der Waals surface area contributed by atoms with Gasteiger partial charge in [-0.1, -0.05) is 226 Å². The Morgan fingerprint density at radius 1 is 0.465 bits per heavy atom. The Labute approximate surface area is 429 Å². The first-order valence-corrected chi connectivity index (χ1v) is 29.0. The average Bonchev–Trinajstić information content (AvgIpc) is 3.37. The molecule has 14 atom stereocenters. The Morgan fingerprint density at radius 2 is 0.817 bits per heavy atom. The maximum absolute atomic E-state index is 13.4. The van der Waals surface area contributed by atoms with Crippen LogP contribution in [0.4, 0.5) is 0 Å². The van der Waals surface area contributed by atoms with Gasteiger partial charge in [0.05, 0.1) is 32.0 Å². The maximum atomic E-state index is 13.4. The van der Waals surface area contributed by atoms with E-state index < -0.39 is 111 Å². The number of carbonyl (C=O) groups is 1. The molecular formula is C55H107NO15. The fourth-order valence-electron chi connectivity index (χ4n) is 9.91. The molecule has 0 saturated carbocycles. The number of unbranched alkanes of at least 4 members (excludes halogenated alkanes) is 31. The molecule has 422 valence electrons. The third-order valence-corrected chi connectivity index (χ3v) is 14.8. The number of rotatable bonds is 46. The third-order valence-electron chi connectivity index (χ3n) is 14.8. The van der Waals surface area contributed by atoms with Crippen molar-refractivity contribution in [3.8, 4) is 0 Å². The van der Waals surface area contributed by atoms with Crippen molar-refractivity contribution in [2.45, 2.75) is 324 Å². The molecule has 0 aromatic heterocycles. The van der Waals surface area contributed by atoms with Crippen LogP contribution in [0.5, 0.6) is 0 Å². The Kier molecular flexibility index (Phi) is 39.1. The number of amides is 1. The lowest BCUT2D eigenvalue weighted by Gasteiger charge is -2.46. The van der Waals surface area contributed by atoms with Gasteiger partial charge in [0.25, 0.3) is 0 Å². The molecule has 0 radical (unpaired) electrons. The zero-order valence-corrected chi connectivity index (χ0v) is 44.5. The molecule has 2 aliphatic rings. The normalized spacial score (nSPS) is 26.6. The number of hydrogen-bond donors (Lipinski definition) is 11. The van der Waals surface area contributed by atoms with Crippen LogP contribution in [-0.4, -0.2) is 163 Å². The number of aliphatic hydroxyl groups is 10. The Morgan fingerprint density at radius 3 is 1.21 bits per heavy atom. The van der Waals surface area contributed by atoms with E-state index in [1.807, 2.05) is 0 Å². The molecule has 2 saturated heterocycles. The topological polar surface area (TPSA) is 268 Å². The second-order valence-electron chi connectivity index (χ2n) is 21.1. The van der Waals surface area contributed by atoms with Gasteiger partial charge in [-0.05, 0) is 12.8 Å². The standard InChI is InChI=1S/C55H107NO15/c1-3-5-7-9-11-13-15-17-18-19-20-21-22-23-25-27-29-31-33-35-37-43(60)53(67)56-41(46(61)42(59)36-34-32-30-28-26-24-16-14-12-10-8-6-4-2)40-68-55-52(50(65)48(63)45(39-58)70-55)71-54-51(66)49(64)47(62)44(38-57)69-54/h41-52,54-55,57-66H,3-40H2,1-2H3,(H,56,67)/t41-,42+,43+,44+,45+,46-,47-,48-,49-,50-,51+,52+,54?,55-/m0/s1. The molecule has 2 fully saturated rings. The SMILES string of the molecule is CCCCCCCCCCCCCCCCCCCCCC[C@@H](O)C(=O)N[C@@H](CO[C@H]1O[C@H](CO)[C@H](O)[C@H](O)[C@H]1OC1O[C@H](CO)[C@H](O)[C@H](O)[C@H]1O)[C@H](O)[C@H](O)CCCCCCCCCCCCCCC. The third kappa shape index (κ3) is 28.0. The quantitative estimate of drug-likeness (QED) is 0.0277. The van der Waals surface area contributed by atoms with E-state index in [1.165, 1.54) is 148 Å². The van der Waals surface area contributed by atoms with Crippen LogP contribution in [0.3, 0.4) is 0 Å². The Balaban J connectivity index is 1.88. The first-order valence-electron chi connectivity index (χ1n) is 29.0. The second-order valence-corrected chi connectivity index (χ2v) is 21.1. The van der Waals surface area contributed by atoms with Gasteiger partial charge in [-0.15, -0.1) is 0 Å². The minimum atomic E-state index is -1.87. The summed E-state index contributed by atoms with van der Waals surface area (Å²) in [5.41, 5.74) is 0. The number of nitrogens with one attached hydrogen (secondary N) is 1. The molecule has 16 heteroatoms. The van der Waals surface area contributed by atoms with Crippen molar-refractivity contribution in [3.63, 3.8) is 0 Å². The van der Waals surface area contributed by atoms with Crippen LogP contribution < -0.4 is 5.32 Å². The zero-order valence-electron chi connectivity index (χ0n) is 44.5. The number of hydrogen-bond acceptors (Lipinski definition) is 15. The Bertz CT molecular complexity index is 1240. The van der Waals surface area contributed by atoms with Crippen molar-refractivity contribution >= 4 is 5.91 Å². The summed E-state index contributed by atoms with van der Waals surface area (Å²) in [6.45, 7) is 2.42. The van der Waals surface area contributed by atoms with E-state index in [2.05, 4.69) is 19.2 Å². The van der Waals surface area contributed by atoms with E-state index in [-0.39, 0.29) is 12.8 Å². The predicted molar refractivity (Wildman–Crippen MR) is 275 cm³/mol. The Hall–Kier alpha value is -1.09. The highest BCUT2D eigenvalue weighted by molar-refractivity contribution is 5.80. The largest absolute Gasteiger partial charge is 0.394 e. The molecule has 71 heavy (non-hydrogen) atoms. The maximum Gasteiger partial charge on any atom is 0.249 e. The molecule has 0 aliphatic carbocycles. The fraction of sp³-hybridized carbons (Fsp3) is 0.982. The predicted octanol–water partition coefficient (Wildman–Crippen LogP) is 6.89. The van der Waals surface area contributed by atoms with Crippen molar-refractivity contribution in [2.24, 2.45) is 0 Å². The zero-order chi connectivity index (χ0) is 52.1. The van der Waals surface area contributed by atoms with Crippen molar-refractivity contribution in [2.75, 3.05) is 19.8 Å². The average molecular weight is 1020 g/mol. The van der Waals surface area contributed by atoms with E-state index in [0.717, 1.165) is 51.4 Å². The van der Waals surface area contributed by atoms with Crippen molar-refractivity contribution in [1.29, 1.82) is 0 Å². The van der Waals surface area contributed by atoms with Gasteiger partial charge in [0.15, 0.2) is 12.6 Å². The van der Waals surface area contributed by atoms with Crippen LogP contribution in [-0.2, 0) is 23.7 Å². The molecule has 0 bridgehead atoms. The van der Waals surface area contributed by atoms with Crippen molar-refractivity contribution in [1.82, 2.24) is 5.32 Å². The van der Waals surface area contributed by atoms with Gasteiger partial charge in [-0.25, -0.2) is 0 Å². The molecule has 16 nitrogen and oxygen atoms in total. The van der Waals surface area contributed by atoms with Crippen LogP contribution in [0, 0.1) is 0 Å². The lowest BCUT2D eigenvalue weighted by molar-refractivity contribution is -0.368. The van der Waals surface area contributed by atoms with Crippen LogP contribution in [0.2, 0.25) is 0 Å². The highest BCUT2D eigenvalue weighted by Crippen LogP contribution is 2.30. The van der Waals surface area contributed by atoms with E-state index in [1.54, 1.807) is 0 Å². The van der Waals surface area contributed by atoms with Gasteiger partial charge < -0.3 is 75.3 Å². The fourth-order valence-corrected chi connectivity index (χ4v) is 9.91. The lowest BCUT2D eigenvalue weighted by Crippen LogP contribution is -2.65. The summed E-state index contributed by atoms with van der Waals surface area (Å²) in [6.07, 6.45) is 19.2. The van der Waals surface area contributed by atoms with Crippen LogP contribution in [0.1, 0.15) is 239 Å². The van der Waals surface area contributed by atoms with Crippen LogP contribution in [0.15, 0.2) is 0 Å². The highest BCUT2D eigenvalue weighted by Gasteiger charge is 2.51. The molecule has 11 N–H and O–H groups in total. The second kappa shape index (κ2) is 42.1. The minimum Gasteiger partial charge on any atom is -0.394 e. The summed E-state index contributed by atoms with van der Waals surface area (Å²) in [7, 11) is 0. The molecule has 2 aliphatic heterocycles. The highest BCUT2D eigenvalue weighted by atomic mass is 16.8. The monoisotopic (exact) mass is 1020 g/mol. The van der Waals surface area contributed by atoms with Gasteiger partial charge in [0.1, 0.15) is 61.0 Å². The summed E-state index contributed by atoms with van der Waals surface area (Å²) in [4.78, 5) is 13.4. The van der Waals surface area contributed by atoms with Gasteiger partial charge in [0, 0.05) is 0 Å². The smallest absolute Gasteiger partial charge is 0.249 e. The molecule has 0 aromatic carbocycles. The number of ether oxygens (including phenoxy) is 4. The minimum absolute atomic E-state index is 0.193. The summed E-state index contributed by atoms with van der Waals surface area (Å²) < 4.78 is 22.9. The van der Waals surface area contributed by atoms with E-state index in [4.69, 9.17) is 18.9 Å². The summed E-state index contributed by atoms with van der Waals surface area (Å²) >= 11 is 0. The van der Waals surface area contributed by atoms with Gasteiger partial charge >= 0.3 is 0 Å². The van der Waals surface area contributed by atoms with E-state index in [9.17, 15) is 55.9 Å². The van der Waals surface area contributed by atoms with E-state index >= 15 is 0 Å². The summed E-state index contributed by atoms with van der Waals surface area (Å²) in [5.74, 6) is -0.772. The molecule has 2 rings (SSSR count). The van der Waals surface area contributed by atoms with E-state index in [0.29, 0.717) is 12.8 Å². The van der Waals surface area contributed by atoms with Gasteiger partial charge in [-0.2, -0.15) is 0 Å².